The molecule has 0 aliphatic heterocycles. The van der Waals surface area contributed by atoms with E-state index in [4.69, 9.17) is 18.9 Å². The molecule has 0 bridgehead atoms. The van der Waals surface area contributed by atoms with E-state index in [1.165, 1.54) is 0 Å². The molecule has 0 aromatic carbocycles. The molecule has 0 spiro atoms. The molecular weight excluding hydrogens is 1080 g/mol. The number of nitrogens with zero attached hydrogens (tertiary/aromatic N) is 1. The largest absolute Gasteiger partial charge is 0.477 e. The molecule has 0 fully saturated rings. The van der Waals surface area contributed by atoms with Gasteiger partial charge >= 0.3 is 17.9 Å². The van der Waals surface area contributed by atoms with Crippen LogP contribution in [0.15, 0.2) is 219 Å². The van der Waals surface area contributed by atoms with Crippen LogP contribution in [0.5, 0.6) is 0 Å². The number of ether oxygens (including phenoxy) is 4. The minimum Gasteiger partial charge on any atom is -0.477 e. The second-order valence-electron chi connectivity index (χ2n) is 22.0. The Labute approximate surface area is 530 Å². The van der Waals surface area contributed by atoms with Crippen LogP contribution >= 0.6 is 0 Å². The Morgan fingerprint density at radius 2 is 0.632 bits per heavy atom. The number of likely N-dealkylation sites (N-methyl/N-ethyl adjacent to an activating group) is 1. The van der Waals surface area contributed by atoms with E-state index < -0.39 is 30.3 Å². The van der Waals surface area contributed by atoms with Gasteiger partial charge in [-0.2, -0.15) is 0 Å². The average molecular weight is 1200 g/mol. The maximum atomic E-state index is 12.9. The van der Waals surface area contributed by atoms with E-state index in [0.717, 1.165) is 154 Å². The highest BCUT2D eigenvalue weighted by atomic mass is 16.7. The zero-order valence-corrected chi connectivity index (χ0v) is 54.8. The Morgan fingerprint density at radius 3 is 0.954 bits per heavy atom. The Kier molecular flexibility index (Phi) is 60.8. The number of unbranched alkanes of at least 4 members (excludes halogenated alkanes) is 6. The van der Waals surface area contributed by atoms with Gasteiger partial charge in [0.15, 0.2) is 6.10 Å². The first-order valence-electron chi connectivity index (χ1n) is 32.9. The van der Waals surface area contributed by atoms with Gasteiger partial charge in [0.1, 0.15) is 13.2 Å². The highest BCUT2D eigenvalue weighted by Crippen LogP contribution is 2.12. The van der Waals surface area contributed by atoms with Crippen LogP contribution in [0.3, 0.4) is 0 Å². The van der Waals surface area contributed by atoms with Gasteiger partial charge in [-0.25, -0.2) is 4.79 Å². The fourth-order valence-electron chi connectivity index (χ4n) is 7.77. The lowest BCUT2D eigenvalue weighted by Gasteiger charge is -2.25. The van der Waals surface area contributed by atoms with Crippen molar-refractivity contribution in [2.45, 2.75) is 206 Å². The monoisotopic (exact) mass is 1200 g/mol. The number of quaternary nitrogens is 1. The molecule has 9 heteroatoms. The lowest BCUT2D eigenvalue weighted by atomic mass is 10.1. The minimum atomic E-state index is -1.55. The first-order chi connectivity index (χ1) is 42.6. The summed E-state index contributed by atoms with van der Waals surface area (Å²) in [5.74, 6) is -2.14. The number of carboxylic acids is 1. The second-order valence-corrected chi connectivity index (χ2v) is 22.0. The van der Waals surface area contributed by atoms with Crippen molar-refractivity contribution in [3.8, 4) is 0 Å². The topological polar surface area (TPSA) is 108 Å². The number of allylic oxidation sites excluding steroid dienone is 36. The molecule has 2 unspecified atom stereocenters. The number of aliphatic carboxylic acids is 1. The quantitative estimate of drug-likeness (QED) is 0.0211. The summed E-state index contributed by atoms with van der Waals surface area (Å²) in [5, 5.41) is 9.73. The van der Waals surface area contributed by atoms with Crippen LogP contribution in [0.2, 0.25) is 0 Å². The van der Waals surface area contributed by atoms with Crippen LogP contribution in [0.1, 0.15) is 194 Å². The summed E-state index contributed by atoms with van der Waals surface area (Å²) >= 11 is 0. The number of esters is 2. The van der Waals surface area contributed by atoms with Gasteiger partial charge in [0, 0.05) is 12.8 Å². The van der Waals surface area contributed by atoms with Crippen LogP contribution < -0.4 is 0 Å². The minimum absolute atomic E-state index is 0.161. The van der Waals surface area contributed by atoms with E-state index in [-0.39, 0.29) is 32.7 Å². The van der Waals surface area contributed by atoms with Gasteiger partial charge in [0.2, 0.25) is 0 Å². The molecule has 0 amide bonds. The summed E-state index contributed by atoms with van der Waals surface area (Å²) in [5.41, 5.74) is 0. The van der Waals surface area contributed by atoms with E-state index in [9.17, 15) is 19.5 Å². The van der Waals surface area contributed by atoms with E-state index in [2.05, 4.69) is 233 Å². The van der Waals surface area contributed by atoms with Crippen LogP contribution in [0, 0.1) is 0 Å². The number of carbonyl (C=O) groups excluding carboxylic acids is 2. The van der Waals surface area contributed by atoms with Crippen LogP contribution in [-0.4, -0.2) is 87.4 Å². The Bertz CT molecular complexity index is 2230. The van der Waals surface area contributed by atoms with Crippen molar-refractivity contribution < 1.29 is 42.9 Å². The molecule has 0 aliphatic rings. The van der Waals surface area contributed by atoms with Gasteiger partial charge in [-0.15, -0.1) is 0 Å². The van der Waals surface area contributed by atoms with Gasteiger partial charge in [0.25, 0.3) is 6.29 Å². The third kappa shape index (κ3) is 67.0. The molecule has 0 saturated carbocycles. The highest BCUT2D eigenvalue weighted by Gasteiger charge is 2.25. The molecule has 0 aliphatic carbocycles. The molecular formula is C78H118NO8+. The van der Waals surface area contributed by atoms with Crippen molar-refractivity contribution in [1.82, 2.24) is 0 Å². The van der Waals surface area contributed by atoms with Crippen LogP contribution in [0.25, 0.3) is 0 Å². The summed E-state index contributed by atoms with van der Waals surface area (Å²) in [6.45, 7) is 4.51. The third-order valence-electron chi connectivity index (χ3n) is 12.7. The Balaban J connectivity index is 4.36. The summed E-state index contributed by atoms with van der Waals surface area (Å²) < 4.78 is 22.8. The van der Waals surface area contributed by atoms with Gasteiger partial charge in [-0.3, -0.25) is 9.59 Å². The van der Waals surface area contributed by atoms with Crippen LogP contribution in [0.4, 0.5) is 0 Å². The first kappa shape index (κ1) is 80.6. The summed E-state index contributed by atoms with van der Waals surface area (Å²) in [4.78, 5) is 37.5. The lowest BCUT2D eigenvalue weighted by Crippen LogP contribution is -2.40. The van der Waals surface area contributed by atoms with Crippen molar-refractivity contribution in [3.05, 3.63) is 219 Å². The zero-order valence-electron chi connectivity index (χ0n) is 54.8. The molecule has 0 aromatic rings. The normalized spacial score (nSPS) is 14.2. The summed E-state index contributed by atoms with van der Waals surface area (Å²) in [7, 11) is 5.93. The molecule has 0 radical (unpaired) electrons. The zero-order chi connectivity index (χ0) is 63.3. The molecule has 482 valence electrons. The average Bonchev–Trinajstić information content (AvgIpc) is 3.55. The first-order valence-corrected chi connectivity index (χ1v) is 32.9. The fraction of sp³-hybridized carbons (Fsp3) is 0.500. The number of carbonyl (C=O) groups is 3. The lowest BCUT2D eigenvalue weighted by molar-refractivity contribution is -0.870. The maximum Gasteiger partial charge on any atom is 0.361 e. The van der Waals surface area contributed by atoms with E-state index in [1.54, 1.807) is 0 Å². The Hall–Kier alpha value is -6.39. The van der Waals surface area contributed by atoms with Crippen LogP contribution in [-0.2, 0) is 33.3 Å². The number of hydrogen-bond donors (Lipinski definition) is 1. The molecule has 0 rings (SSSR count). The standard InChI is InChI=1S/C78H117NO8/c1-6-8-10-12-14-16-18-20-22-24-26-28-30-31-32-33-34-35-36-37-38-39-40-41-42-43-44-45-47-49-51-53-55-57-59-61-63-65-67-69-76(81)87-74(73-86-78(77(82)83)84-71-70-79(3,4)5)72-85-75(80)68-66-64-62-60-58-56-54-52-50-48-46-29-27-25-23-21-19-17-15-13-11-9-7-2/h8-11,14-17,20-23,26-29,31-32,34-35,37-38,40-41,43-44,47-50,53-56,60,62,74,78H,6-7,12-13,18-19,24-25,30,33,36,39,42,45-46,51-52,57-59,61,63-73H2,1-5H3/p+1/b10-8-,11-9-,16-14-,17-15-,22-20-,23-21-,28-26-,29-27-,32-31-,35-34-,38-37-,41-40-,44-43-,49-47-,50-48-,55-53-,56-54-,62-60-. The van der Waals surface area contributed by atoms with E-state index in [0.29, 0.717) is 23.9 Å². The predicted octanol–water partition coefficient (Wildman–Crippen LogP) is 20.6. The number of carboxylic acid groups (broad SMARTS) is 1. The molecule has 0 saturated heterocycles. The summed E-state index contributed by atoms with van der Waals surface area (Å²) in [6, 6.07) is 0. The summed E-state index contributed by atoms with van der Waals surface area (Å²) in [6.07, 6.45) is 102. The van der Waals surface area contributed by atoms with E-state index in [1.807, 2.05) is 21.1 Å². The second kappa shape index (κ2) is 65.6. The van der Waals surface area contributed by atoms with Gasteiger partial charge < -0.3 is 28.5 Å². The highest BCUT2D eigenvalue weighted by molar-refractivity contribution is 5.71. The number of rotatable bonds is 57. The van der Waals surface area contributed by atoms with Crippen molar-refractivity contribution >= 4 is 17.9 Å². The molecule has 0 aromatic heterocycles. The predicted molar refractivity (Wildman–Crippen MR) is 372 cm³/mol. The van der Waals surface area contributed by atoms with Gasteiger partial charge in [0.05, 0.1) is 34.4 Å². The number of hydrogen-bond acceptors (Lipinski definition) is 7. The molecule has 2 atom stereocenters. The molecule has 1 N–H and O–H groups in total. The third-order valence-corrected chi connectivity index (χ3v) is 12.7. The van der Waals surface area contributed by atoms with Gasteiger partial charge in [-0.05, 0) is 148 Å². The molecule has 9 nitrogen and oxygen atoms in total. The fourth-order valence-corrected chi connectivity index (χ4v) is 7.77. The van der Waals surface area contributed by atoms with Crippen molar-refractivity contribution in [3.63, 3.8) is 0 Å². The van der Waals surface area contributed by atoms with Crippen molar-refractivity contribution in [2.75, 3.05) is 47.5 Å². The molecule has 87 heavy (non-hydrogen) atoms. The van der Waals surface area contributed by atoms with Crippen molar-refractivity contribution in [1.29, 1.82) is 0 Å². The smallest absolute Gasteiger partial charge is 0.361 e. The van der Waals surface area contributed by atoms with Gasteiger partial charge in [-0.1, -0.05) is 252 Å². The molecule has 0 heterocycles. The van der Waals surface area contributed by atoms with E-state index >= 15 is 0 Å². The maximum absolute atomic E-state index is 12.9. The Morgan fingerprint density at radius 1 is 0.345 bits per heavy atom. The van der Waals surface area contributed by atoms with Crippen molar-refractivity contribution in [2.24, 2.45) is 0 Å². The SMILES string of the molecule is CC/C=C\C/C=C\C/C=C\C/C=C\C/C=C\C/C=C\C/C=C\C/C=C\C/C=C\C/C=C\C/C=C\CCCCCCCC(=O)OC(COC(=O)CCC/C=C\C/C=C\C/C=C\C/C=C\C/C=C\C/C=C\C/C=C\CC)COC(OCC[N+](C)(C)C)C(=O)O.